The third-order valence-electron chi connectivity index (χ3n) is 3.57. The summed E-state index contributed by atoms with van der Waals surface area (Å²) in [7, 11) is 1.71. The Labute approximate surface area is 145 Å². The number of hydrogen-bond donors (Lipinski definition) is 3. The van der Waals surface area contributed by atoms with Gasteiger partial charge in [0.15, 0.2) is 12.6 Å². The van der Waals surface area contributed by atoms with Gasteiger partial charge in [0, 0.05) is 11.2 Å². The Kier molecular flexibility index (Phi) is 6.59. The lowest BCUT2D eigenvalue weighted by atomic mass is 10.1. The van der Waals surface area contributed by atoms with E-state index in [0.29, 0.717) is 4.90 Å². The van der Waals surface area contributed by atoms with Crippen LogP contribution in [-0.2, 0) is 15.8 Å². The quantitative estimate of drug-likeness (QED) is 0.745. The topological polar surface area (TPSA) is 62.6 Å². The number of likely N-dealkylation sites (N-methyl/N-ethyl adjacent to an activating group) is 1. The summed E-state index contributed by atoms with van der Waals surface area (Å²) in [4.78, 5) is 24.8. The van der Waals surface area contributed by atoms with Crippen LogP contribution >= 0.6 is 0 Å². The number of alkyl halides is 3. The molecule has 0 aliphatic carbocycles. The molecule has 25 heavy (non-hydrogen) atoms. The summed E-state index contributed by atoms with van der Waals surface area (Å²) in [6, 6.07) is 3.68. The van der Waals surface area contributed by atoms with E-state index in [1.807, 2.05) is 20.8 Å². The van der Waals surface area contributed by atoms with Crippen molar-refractivity contribution in [1.29, 1.82) is 0 Å². The van der Waals surface area contributed by atoms with Gasteiger partial charge in [0.05, 0.1) is 12.6 Å². The van der Waals surface area contributed by atoms with Crippen molar-refractivity contribution < 1.29 is 27.7 Å². The first kappa shape index (κ1) is 21.0. The van der Waals surface area contributed by atoms with E-state index >= 15 is 0 Å². The third-order valence-corrected chi connectivity index (χ3v) is 3.57. The minimum absolute atomic E-state index is 0.110. The fourth-order valence-corrected chi connectivity index (χ4v) is 2.09. The average Bonchev–Trinajstić information content (AvgIpc) is 2.43. The summed E-state index contributed by atoms with van der Waals surface area (Å²) >= 11 is 0. The number of rotatable bonds is 5. The van der Waals surface area contributed by atoms with E-state index in [2.05, 4.69) is 10.6 Å². The van der Waals surface area contributed by atoms with Gasteiger partial charge in [-0.25, -0.2) is 0 Å². The lowest BCUT2D eigenvalue weighted by molar-refractivity contribution is -0.885. The molecular weight excluding hydrogens is 335 g/mol. The molecule has 1 aromatic rings. The fraction of sp³-hybridized carbons (Fsp3) is 0.529. The third kappa shape index (κ3) is 7.13. The number of carbonyl (C=O) groups is 2. The minimum Gasteiger partial charge on any atom is -0.347 e. The first-order valence-electron chi connectivity index (χ1n) is 7.91. The van der Waals surface area contributed by atoms with E-state index in [1.165, 1.54) is 12.1 Å². The zero-order valence-corrected chi connectivity index (χ0v) is 15.0. The maximum absolute atomic E-state index is 12.5. The number of quaternary nitrogens is 1. The zero-order chi connectivity index (χ0) is 19.4. The number of benzene rings is 1. The predicted molar refractivity (Wildman–Crippen MR) is 89.2 cm³/mol. The number of anilines is 1. The first-order chi connectivity index (χ1) is 11.3. The summed E-state index contributed by atoms with van der Waals surface area (Å²) < 4.78 is 37.6. The van der Waals surface area contributed by atoms with Crippen LogP contribution in [0.1, 0.15) is 33.3 Å². The maximum atomic E-state index is 12.5. The van der Waals surface area contributed by atoms with Crippen LogP contribution in [-0.4, -0.2) is 37.0 Å². The molecule has 0 bridgehead atoms. The summed E-state index contributed by atoms with van der Waals surface area (Å²) in [6.45, 7) is 7.35. The Bertz CT molecular complexity index is 607. The molecule has 0 heterocycles. The van der Waals surface area contributed by atoms with Gasteiger partial charge in [0.1, 0.15) is 0 Å². The van der Waals surface area contributed by atoms with E-state index < -0.39 is 17.8 Å². The van der Waals surface area contributed by atoms with Crippen LogP contribution in [0.5, 0.6) is 0 Å². The van der Waals surface area contributed by atoms with Crippen molar-refractivity contribution in [2.24, 2.45) is 0 Å². The highest BCUT2D eigenvalue weighted by molar-refractivity contribution is 5.93. The van der Waals surface area contributed by atoms with Crippen molar-refractivity contribution in [2.75, 3.05) is 18.9 Å². The van der Waals surface area contributed by atoms with Crippen LogP contribution in [0.25, 0.3) is 0 Å². The molecule has 0 fully saturated rings. The van der Waals surface area contributed by atoms with Crippen LogP contribution in [0.4, 0.5) is 18.9 Å². The maximum Gasteiger partial charge on any atom is 0.416 e. The van der Waals surface area contributed by atoms with Crippen LogP contribution in [0, 0.1) is 0 Å². The molecule has 140 valence electrons. The summed E-state index contributed by atoms with van der Waals surface area (Å²) in [5.74, 6) is -0.556. The molecule has 1 unspecified atom stereocenters. The van der Waals surface area contributed by atoms with Crippen LogP contribution in [0.15, 0.2) is 24.3 Å². The Morgan fingerprint density at radius 3 is 2.08 bits per heavy atom. The van der Waals surface area contributed by atoms with Gasteiger partial charge in [-0.2, -0.15) is 13.2 Å². The van der Waals surface area contributed by atoms with Gasteiger partial charge >= 0.3 is 6.18 Å². The van der Waals surface area contributed by atoms with Crippen molar-refractivity contribution in [3.05, 3.63) is 29.8 Å². The first-order valence-corrected chi connectivity index (χ1v) is 7.91. The van der Waals surface area contributed by atoms with E-state index in [-0.39, 0.29) is 29.6 Å². The summed E-state index contributed by atoms with van der Waals surface area (Å²) in [5, 5.41) is 5.38. The molecule has 0 radical (unpaired) electrons. The van der Waals surface area contributed by atoms with Gasteiger partial charge in [0.25, 0.3) is 11.8 Å². The molecule has 0 saturated carbocycles. The molecule has 0 aliphatic heterocycles. The van der Waals surface area contributed by atoms with Gasteiger partial charge in [-0.1, -0.05) is 0 Å². The SMILES string of the molecule is C[C@H](C(=O)Nc1ccc(C(F)(F)F)cc1)[NH+](C)CC(=O)NC(C)(C)C. The summed E-state index contributed by atoms with van der Waals surface area (Å²) in [5.41, 5.74) is -0.861. The second-order valence-electron chi connectivity index (χ2n) is 7.11. The molecule has 0 aromatic heterocycles. The van der Waals surface area contributed by atoms with Crippen LogP contribution in [0.3, 0.4) is 0 Å². The molecule has 0 aliphatic rings. The predicted octanol–water partition coefficient (Wildman–Crippen LogP) is 1.46. The van der Waals surface area contributed by atoms with E-state index in [4.69, 9.17) is 0 Å². The Morgan fingerprint density at radius 1 is 1.12 bits per heavy atom. The lowest BCUT2D eigenvalue weighted by Gasteiger charge is -2.24. The molecule has 5 nitrogen and oxygen atoms in total. The smallest absolute Gasteiger partial charge is 0.347 e. The molecule has 0 spiro atoms. The standard InChI is InChI=1S/C17H24F3N3O2/c1-11(23(5)10-14(24)22-16(2,3)4)15(25)21-13-8-6-12(7-9-13)17(18,19)20/h6-9,11H,10H2,1-5H3,(H,21,25)(H,22,24)/p+1/t11-/m1/s1. The van der Waals surface area contributed by atoms with E-state index in [0.717, 1.165) is 12.1 Å². The minimum atomic E-state index is -4.42. The van der Waals surface area contributed by atoms with E-state index in [1.54, 1.807) is 14.0 Å². The summed E-state index contributed by atoms with van der Waals surface area (Å²) in [6.07, 6.45) is -4.42. The molecule has 8 heteroatoms. The van der Waals surface area contributed by atoms with Gasteiger partial charge in [-0.3, -0.25) is 9.59 Å². The van der Waals surface area contributed by atoms with Crippen LogP contribution in [0.2, 0.25) is 0 Å². The number of nitrogens with one attached hydrogen (secondary N) is 3. The van der Waals surface area contributed by atoms with Crippen molar-refractivity contribution in [3.8, 4) is 0 Å². The fourth-order valence-electron chi connectivity index (χ4n) is 2.09. The highest BCUT2D eigenvalue weighted by Gasteiger charge is 2.30. The zero-order valence-electron chi connectivity index (χ0n) is 15.0. The average molecular weight is 360 g/mol. The second-order valence-corrected chi connectivity index (χ2v) is 7.11. The van der Waals surface area contributed by atoms with Gasteiger partial charge in [-0.05, 0) is 52.0 Å². The molecular formula is C17H25F3N3O2+. The normalized spacial score (nSPS) is 14.6. The van der Waals surface area contributed by atoms with Crippen molar-refractivity contribution in [3.63, 3.8) is 0 Å². The monoisotopic (exact) mass is 360 g/mol. The molecule has 0 saturated heterocycles. The van der Waals surface area contributed by atoms with E-state index in [9.17, 15) is 22.8 Å². The molecule has 1 aromatic carbocycles. The lowest BCUT2D eigenvalue weighted by Crippen LogP contribution is -3.15. The number of halogens is 3. The van der Waals surface area contributed by atoms with Gasteiger partial charge in [0.2, 0.25) is 0 Å². The highest BCUT2D eigenvalue weighted by Crippen LogP contribution is 2.29. The molecule has 2 amide bonds. The van der Waals surface area contributed by atoms with Crippen molar-refractivity contribution in [1.82, 2.24) is 5.32 Å². The molecule has 1 rings (SSSR count). The van der Waals surface area contributed by atoms with Gasteiger partial charge in [-0.15, -0.1) is 0 Å². The van der Waals surface area contributed by atoms with Crippen LogP contribution < -0.4 is 15.5 Å². The number of amides is 2. The second kappa shape index (κ2) is 7.86. The van der Waals surface area contributed by atoms with Crippen molar-refractivity contribution in [2.45, 2.75) is 45.5 Å². The molecule has 2 atom stereocenters. The Hall–Kier alpha value is -2.09. The van der Waals surface area contributed by atoms with Gasteiger partial charge < -0.3 is 15.5 Å². The number of carbonyl (C=O) groups excluding carboxylic acids is 2. The number of hydrogen-bond acceptors (Lipinski definition) is 2. The van der Waals surface area contributed by atoms with Crippen molar-refractivity contribution >= 4 is 17.5 Å². The Morgan fingerprint density at radius 2 is 1.64 bits per heavy atom. The molecule has 3 N–H and O–H groups in total. The highest BCUT2D eigenvalue weighted by atomic mass is 19.4. The Balaban J connectivity index is 2.62. The largest absolute Gasteiger partial charge is 0.416 e.